The molecular formula is C8H12F3NO3. The summed E-state index contributed by atoms with van der Waals surface area (Å²) in [6.07, 6.45) is -4.16. The van der Waals surface area contributed by atoms with E-state index in [0.29, 0.717) is 13.0 Å². The van der Waals surface area contributed by atoms with Gasteiger partial charge in [0.2, 0.25) is 0 Å². The highest BCUT2D eigenvalue weighted by Gasteiger charge is 2.34. The summed E-state index contributed by atoms with van der Waals surface area (Å²) in [5.41, 5.74) is 0. The Labute approximate surface area is 84.6 Å². The maximum atomic E-state index is 12.0. The summed E-state index contributed by atoms with van der Waals surface area (Å²) in [5, 5.41) is 8.31. The highest BCUT2D eigenvalue weighted by Crippen LogP contribution is 2.20. The number of rotatable bonds is 4. The first-order valence-corrected chi connectivity index (χ1v) is 4.49. The Balaban J connectivity index is 2.24. The van der Waals surface area contributed by atoms with E-state index in [1.165, 1.54) is 4.90 Å². The lowest BCUT2D eigenvalue weighted by molar-refractivity contribution is -0.148. The highest BCUT2D eigenvalue weighted by atomic mass is 19.4. The van der Waals surface area contributed by atoms with Crippen LogP contribution in [-0.2, 0) is 9.53 Å². The van der Waals surface area contributed by atoms with E-state index in [1.54, 1.807) is 0 Å². The molecule has 0 aromatic rings. The van der Waals surface area contributed by atoms with Crippen LogP contribution >= 0.6 is 0 Å². The number of carboxylic acid groups (broad SMARTS) is 1. The quantitative estimate of drug-likeness (QED) is 0.769. The van der Waals surface area contributed by atoms with Crippen molar-refractivity contribution in [3.63, 3.8) is 0 Å². The van der Waals surface area contributed by atoms with Crippen LogP contribution in [0.2, 0.25) is 0 Å². The monoisotopic (exact) mass is 227 g/mol. The molecule has 0 aliphatic carbocycles. The molecule has 4 nitrogen and oxygen atoms in total. The number of halogens is 3. The van der Waals surface area contributed by atoms with Crippen molar-refractivity contribution in [2.75, 3.05) is 26.2 Å². The Morgan fingerprint density at radius 3 is 2.73 bits per heavy atom. The number of carbonyl (C=O) groups is 1. The molecule has 0 saturated carbocycles. The van der Waals surface area contributed by atoms with Crippen molar-refractivity contribution in [3.05, 3.63) is 0 Å². The summed E-state index contributed by atoms with van der Waals surface area (Å²) in [5.74, 6) is -1.11. The summed E-state index contributed by atoms with van der Waals surface area (Å²) in [6.45, 7) is -0.971. The Kier molecular flexibility index (Phi) is 3.92. The lowest BCUT2D eigenvalue weighted by atomic mass is 10.3. The predicted octanol–water partition coefficient (Wildman–Crippen LogP) is 0.724. The van der Waals surface area contributed by atoms with Crippen molar-refractivity contribution in [2.24, 2.45) is 0 Å². The normalized spacial score (nSPS) is 23.3. The first-order valence-electron chi connectivity index (χ1n) is 4.49. The van der Waals surface area contributed by atoms with Gasteiger partial charge in [0.05, 0.1) is 12.6 Å². The Morgan fingerprint density at radius 1 is 1.53 bits per heavy atom. The zero-order valence-electron chi connectivity index (χ0n) is 7.96. The minimum atomic E-state index is -4.21. The second-order valence-electron chi connectivity index (χ2n) is 3.47. The smallest absolute Gasteiger partial charge is 0.401 e. The standard InChI is InChI=1S/C8H12F3NO3/c9-8(10,11)5-12-2-1-6(3-12)15-4-7(13)14/h6H,1-5H2,(H,13,14). The molecule has 7 heteroatoms. The zero-order chi connectivity index (χ0) is 11.5. The minimum absolute atomic E-state index is 0.146. The van der Waals surface area contributed by atoms with Crippen molar-refractivity contribution in [1.82, 2.24) is 4.90 Å². The molecular weight excluding hydrogens is 215 g/mol. The van der Waals surface area contributed by atoms with Crippen molar-refractivity contribution >= 4 is 5.97 Å². The molecule has 0 amide bonds. The van der Waals surface area contributed by atoms with Crippen LogP contribution in [0.15, 0.2) is 0 Å². The number of hydrogen-bond donors (Lipinski definition) is 1. The Bertz CT molecular complexity index is 232. The van der Waals surface area contributed by atoms with Crippen LogP contribution in [0.5, 0.6) is 0 Å². The maximum absolute atomic E-state index is 12.0. The fourth-order valence-corrected chi connectivity index (χ4v) is 1.52. The Morgan fingerprint density at radius 2 is 2.20 bits per heavy atom. The van der Waals surface area contributed by atoms with Gasteiger partial charge in [-0.2, -0.15) is 13.2 Å². The van der Waals surface area contributed by atoms with Crippen molar-refractivity contribution in [3.8, 4) is 0 Å². The molecule has 0 bridgehead atoms. The van der Waals surface area contributed by atoms with Gasteiger partial charge in [0, 0.05) is 13.1 Å². The molecule has 1 unspecified atom stereocenters. The topological polar surface area (TPSA) is 49.8 Å². The summed E-state index contributed by atoms with van der Waals surface area (Å²) in [6, 6.07) is 0. The molecule has 1 aliphatic heterocycles. The molecule has 1 heterocycles. The third-order valence-electron chi connectivity index (χ3n) is 2.07. The largest absolute Gasteiger partial charge is 0.480 e. The van der Waals surface area contributed by atoms with E-state index in [1.807, 2.05) is 0 Å². The van der Waals surface area contributed by atoms with E-state index in [-0.39, 0.29) is 6.54 Å². The van der Waals surface area contributed by atoms with E-state index in [4.69, 9.17) is 9.84 Å². The van der Waals surface area contributed by atoms with Gasteiger partial charge in [-0.15, -0.1) is 0 Å². The second-order valence-corrected chi connectivity index (χ2v) is 3.47. The van der Waals surface area contributed by atoms with Gasteiger partial charge in [-0.25, -0.2) is 4.79 Å². The molecule has 1 saturated heterocycles. The molecule has 15 heavy (non-hydrogen) atoms. The third kappa shape index (κ3) is 4.98. The van der Waals surface area contributed by atoms with Gasteiger partial charge in [0.1, 0.15) is 6.61 Å². The van der Waals surface area contributed by atoms with Crippen LogP contribution in [-0.4, -0.2) is 54.5 Å². The molecule has 0 spiro atoms. The highest BCUT2D eigenvalue weighted by molar-refractivity contribution is 5.68. The summed E-state index contributed by atoms with van der Waals surface area (Å²) >= 11 is 0. The van der Waals surface area contributed by atoms with Gasteiger partial charge < -0.3 is 9.84 Å². The van der Waals surface area contributed by atoms with Crippen LogP contribution < -0.4 is 0 Å². The van der Waals surface area contributed by atoms with Gasteiger partial charge in [0.25, 0.3) is 0 Å². The summed E-state index contributed by atoms with van der Waals surface area (Å²) < 4.78 is 40.8. The summed E-state index contributed by atoms with van der Waals surface area (Å²) in [7, 11) is 0. The van der Waals surface area contributed by atoms with Crippen molar-refractivity contribution < 1.29 is 27.8 Å². The third-order valence-corrected chi connectivity index (χ3v) is 2.07. The maximum Gasteiger partial charge on any atom is 0.401 e. The van der Waals surface area contributed by atoms with Crippen LogP contribution in [0.3, 0.4) is 0 Å². The number of carboxylic acids is 1. The molecule has 0 aromatic heterocycles. The molecule has 1 rings (SSSR count). The van der Waals surface area contributed by atoms with Crippen molar-refractivity contribution in [1.29, 1.82) is 0 Å². The fourth-order valence-electron chi connectivity index (χ4n) is 1.52. The van der Waals surface area contributed by atoms with Gasteiger partial charge in [-0.05, 0) is 6.42 Å². The van der Waals surface area contributed by atoms with E-state index in [2.05, 4.69) is 0 Å². The average Bonchev–Trinajstić information content (AvgIpc) is 2.45. The number of likely N-dealkylation sites (tertiary alicyclic amines) is 1. The van der Waals surface area contributed by atoms with E-state index < -0.39 is 31.4 Å². The molecule has 0 radical (unpaired) electrons. The molecule has 1 fully saturated rings. The number of alkyl halides is 3. The molecule has 1 atom stereocenters. The number of hydrogen-bond acceptors (Lipinski definition) is 3. The van der Waals surface area contributed by atoms with Crippen LogP contribution in [0.25, 0.3) is 0 Å². The van der Waals surface area contributed by atoms with Gasteiger partial charge >= 0.3 is 12.1 Å². The molecule has 1 N–H and O–H groups in total. The lowest BCUT2D eigenvalue weighted by Gasteiger charge is -2.17. The van der Waals surface area contributed by atoms with Crippen LogP contribution in [0.1, 0.15) is 6.42 Å². The van der Waals surface area contributed by atoms with Gasteiger partial charge in [-0.1, -0.05) is 0 Å². The predicted molar refractivity (Wildman–Crippen MR) is 44.5 cm³/mol. The lowest BCUT2D eigenvalue weighted by Crippen LogP contribution is -2.33. The van der Waals surface area contributed by atoms with E-state index >= 15 is 0 Å². The van der Waals surface area contributed by atoms with Crippen molar-refractivity contribution in [2.45, 2.75) is 18.7 Å². The Hall–Kier alpha value is -0.820. The van der Waals surface area contributed by atoms with Crippen LogP contribution in [0, 0.1) is 0 Å². The molecule has 88 valence electrons. The fraction of sp³-hybridized carbons (Fsp3) is 0.875. The first-order chi connectivity index (χ1) is 6.87. The summed E-state index contributed by atoms with van der Waals surface area (Å²) in [4.78, 5) is 11.4. The van der Waals surface area contributed by atoms with Gasteiger partial charge in [0.15, 0.2) is 0 Å². The number of nitrogens with zero attached hydrogens (tertiary/aromatic N) is 1. The average molecular weight is 227 g/mol. The number of ether oxygens (including phenoxy) is 1. The van der Waals surface area contributed by atoms with Gasteiger partial charge in [-0.3, -0.25) is 4.90 Å². The SMILES string of the molecule is O=C(O)COC1CCN(CC(F)(F)F)C1. The molecule has 1 aliphatic rings. The van der Waals surface area contributed by atoms with Crippen LogP contribution in [0.4, 0.5) is 13.2 Å². The zero-order valence-corrected chi connectivity index (χ0v) is 7.96. The first kappa shape index (κ1) is 12.3. The minimum Gasteiger partial charge on any atom is -0.480 e. The second kappa shape index (κ2) is 4.80. The number of aliphatic carboxylic acids is 1. The molecule has 0 aromatic carbocycles. The van der Waals surface area contributed by atoms with E-state index in [9.17, 15) is 18.0 Å². The van der Waals surface area contributed by atoms with E-state index in [0.717, 1.165) is 0 Å².